The van der Waals surface area contributed by atoms with Gasteiger partial charge in [0.25, 0.3) is 0 Å². The number of hydrogen-bond donors (Lipinski definition) is 2. The fourth-order valence-corrected chi connectivity index (χ4v) is 5.34. The summed E-state index contributed by atoms with van der Waals surface area (Å²) in [6, 6.07) is 3.94. The van der Waals surface area contributed by atoms with E-state index in [1.807, 2.05) is 17.0 Å². The first-order chi connectivity index (χ1) is 14.2. The van der Waals surface area contributed by atoms with Gasteiger partial charge in [-0.05, 0) is 50.3 Å². The van der Waals surface area contributed by atoms with Crippen LogP contribution < -0.4 is 15.5 Å². The SMILES string of the molecule is Cl.Cl.O=C(C1CC1)N1CCN(c2ccc(NC(=O)[C@@]34CCCC[C@H]3CNC4)cn2)CC1. The first-order valence-electron chi connectivity index (χ1n) is 11.2. The van der Waals surface area contributed by atoms with Gasteiger partial charge in [-0.25, -0.2) is 4.98 Å². The molecule has 2 aliphatic heterocycles. The van der Waals surface area contributed by atoms with Crippen LogP contribution in [0.1, 0.15) is 38.5 Å². The molecular formula is C22H33Cl2N5O2. The molecule has 1 aromatic rings. The minimum absolute atomic E-state index is 0. The monoisotopic (exact) mass is 469 g/mol. The van der Waals surface area contributed by atoms with Gasteiger partial charge in [-0.3, -0.25) is 9.59 Å². The van der Waals surface area contributed by atoms with Gasteiger partial charge in [-0.2, -0.15) is 0 Å². The van der Waals surface area contributed by atoms with Crippen LogP contribution >= 0.6 is 24.8 Å². The quantitative estimate of drug-likeness (QED) is 0.708. The molecule has 3 heterocycles. The highest BCUT2D eigenvalue weighted by molar-refractivity contribution is 5.96. The molecule has 7 nitrogen and oxygen atoms in total. The molecule has 2 atom stereocenters. The fourth-order valence-electron chi connectivity index (χ4n) is 5.34. The van der Waals surface area contributed by atoms with Gasteiger partial charge in [0.15, 0.2) is 0 Å². The summed E-state index contributed by atoms with van der Waals surface area (Å²) in [5.74, 6) is 2.14. The third kappa shape index (κ3) is 4.78. The molecule has 2 aliphatic carbocycles. The Morgan fingerprint density at radius 1 is 1.06 bits per heavy atom. The highest BCUT2D eigenvalue weighted by Crippen LogP contribution is 2.44. The average molecular weight is 470 g/mol. The van der Waals surface area contributed by atoms with Crippen LogP contribution in [0.15, 0.2) is 18.3 Å². The summed E-state index contributed by atoms with van der Waals surface area (Å²) >= 11 is 0. The normalized spacial score (nSPS) is 27.5. The Hall–Kier alpha value is -1.57. The van der Waals surface area contributed by atoms with Gasteiger partial charge in [0, 0.05) is 38.6 Å². The number of halogens is 2. The number of piperazine rings is 1. The van der Waals surface area contributed by atoms with Crippen molar-refractivity contribution in [3.63, 3.8) is 0 Å². The second-order valence-electron chi connectivity index (χ2n) is 9.18. The molecule has 4 fully saturated rings. The molecular weight excluding hydrogens is 437 g/mol. The molecule has 0 aromatic carbocycles. The van der Waals surface area contributed by atoms with Crippen LogP contribution in [0.25, 0.3) is 0 Å². The number of anilines is 2. The van der Waals surface area contributed by atoms with E-state index in [2.05, 4.69) is 20.5 Å². The number of nitrogens with one attached hydrogen (secondary N) is 2. The first-order valence-corrected chi connectivity index (χ1v) is 11.2. The van der Waals surface area contributed by atoms with Crippen molar-refractivity contribution in [3.8, 4) is 0 Å². The van der Waals surface area contributed by atoms with Crippen molar-refractivity contribution >= 4 is 48.1 Å². The number of rotatable bonds is 4. The average Bonchev–Trinajstić information content (AvgIpc) is 3.52. The number of hydrogen-bond acceptors (Lipinski definition) is 5. The zero-order chi connectivity index (χ0) is 19.8. The van der Waals surface area contributed by atoms with Crippen molar-refractivity contribution in [1.29, 1.82) is 0 Å². The second kappa shape index (κ2) is 9.92. The van der Waals surface area contributed by atoms with Crippen LogP contribution in [0.4, 0.5) is 11.5 Å². The Kier molecular flexibility index (Phi) is 7.71. The molecule has 1 aromatic heterocycles. The lowest BCUT2D eigenvalue weighted by Gasteiger charge is -2.37. The van der Waals surface area contributed by atoms with Gasteiger partial charge in [0.1, 0.15) is 5.82 Å². The standard InChI is InChI=1S/C22H31N5O2.2ClH/c28-20(16-4-5-16)27-11-9-26(10-12-27)19-7-6-18(14-24-19)25-21(29)22-8-2-1-3-17(22)13-23-15-22;;/h6-7,14,16-17,23H,1-5,8-13,15H2,(H,25,29);2*1H/t17-,22+;;/m0../s1. The maximum Gasteiger partial charge on any atom is 0.232 e. The number of carbonyl (C=O) groups excluding carboxylic acids is 2. The Balaban J connectivity index is 0.00000136. The number of amides is 2. The smallest absolute Gasteiger partial charge is 0.232 e. The highest BCUT2D eigenvalue weighted by Gasteiger charge is 2.49. The van der Waals surface area contributed by atoms with Gasteiger partial charge in [0.05, 0.1) is 17.3 Å². The summed E-state index contributed by atoms with van der Waals surface area (Å²) in [7, 11) is 0. The lowest BCUT2D eigenvalue weighted by molar-refractivity contribution is -0.132. The molecule has 31 heavy (non-hydrogen) atoms. The molecule has 9 heteroatoms. The maximum absolute atomic E-state index is 13.1. The molecule has 2 saturated carbocycles. The van der Waals surface area contributed by atoms with E-state index in [9.17, 15) is 9.59 Å². The van der Waals surface area contributed by atoms with E-state index in [0.29, 0.717) is 17.7 Å². The molecule has 4 aliphatic rings. The highest BCUT2D eigenvalue weighted by atomic mass is 35.5. The van der Waals surface area contributed by atoms with Crippen molar-refractivity contribution in [2.24, 2.45) is 17.3 Å². The lowest BCUT2D eigenvalue weighted by Crippen LogP contribution is -2.49. The number of nitrogens with zero attached hydrogens (tertiary/aromatic N) is 3. The zero-order valence-corrected chi connectivity index (χ0v) is 19.5. The van der Waals surface area contributed by atoms with E-state index in [-0.39, 0.29) is 36.1 Å². The minimum Gasteiger partial charge on any atom is -0.353 e. The molecule has 0 unspecified atom stereocenters. The predicted molar refractivity (Wildman–Crippen MR) is 126 cm³/mol. The number of fused-ring (bicyclic) bond motifs is 1. The molecule has 0 spiro atoms. The van der Waals surface area contributed by atoms with Gasteiger partial charge in [-0.1, -0.05) is 12.8 Å². The third-order valence-electron chi connectivity index (χ3n) is 7.34. The molecule has 2 amide bonds. The summed E-state index contributed by atoms with van der Waals surface area (Å²) < 4.78 is 0. The summed E-state index contributed by atoms with van der Waals surface area (Å²) in [5.41, 5.74) is 0.522. The molecule has 2 N–H and O–H groups in total. The largest absolute Gasteiger partial charge is 0.353 e. The summed E-state index contributed by atoms with van der Waals surface area (Å²) in [5, 5.41) is 6.57. The molecule has 0 radical (unpaired) electrons. The molecule has 0 bridgehead atoms. The zero-order valence-electron chi connectivity index (χ0n) is 17.8. The van der Waals surface area contributed by atoms with E-state index in [4.69, 9.17) is 0 Å². The van der Waals surface area contributed by atoms with Crippen LogP contribution in [0.3, 0.4) is 0 Å². The topological polar surface area (TPSA) is 77.6 Å². The molecule has 5 rings (SSSR count). The van der Waals surface area contributed by atoms with Crippen LogP contribution in [0.5, 0.6) is 0 Å². The Bertz CT molecular complexity index is 781. The van der Waals surface area contributed by atoms with E-state index in [1.54, 1.807) is 6.20 Å². The summed E-state index contributed by atoms with van der Waals surface area (Å²) in [6.07, 6.45) is 8.39. The van der Waals surface area contributed by atoms with E-state index >= 15 is 0 Å². The molecule has 2 saturated heterocycles. The fraction of sp³-hybridized carbons (Fsp3) is 0.682. The van der Waals surface area contributed by atoms with Crippen molar-refractivity contribution in [2.75, 3.05) is 49.5 Å². The van der Waals surface area contributed by atoms with Crippen molar-refractivity contribution < 1.29 is 9.59 Å². The summed E-state index contributed by atoms with van der Waals surface area (Å²) in [4.78, 5) is 34.1. The van der Waals surface area contributed by atoms with Crippen LogP contribution in [0.2, 0.25) is 0 Å². The summed E-state index contributed by atoms with van der Waals surface area (Å²) in [6.45, 7) is 4.92. The molecule has 172 valence electrons. The number of carbonyl (C=O) groups is 2. The number of aromatic nitrogens is 1. The Morgan fingerprint density at radius 2 is 1.84 bits per heavy atom. The van der Waals surface area contributed by atoms with Gasteiger partial charge in [0.2, 0.25) is 11.8 Å². The Morgan fingerprint density at radius 3 is 2.52 bits per heavy atom. The maximum atomic E-state index is 13.1. The predicted octanol–water partition coefficient (Wildman–Crippen LogP) is 2.70. The minimum atomic E-state index is -0.249. The van der Waals surface area contributed by atoms with Gasteiger partial charge >= 0.3 is 0 Å². The van der Waals surface area contributed by atoms with Crippen molar-refractivity contribution in [2.45, 2.75) is 38.5 Å². The van der Waals surface area contributed by atoms with E-state index in [1.165, 1.54) is 6.42 Å². The second-order valence-corrected chi connectivity index (χ2v) is 9.18. The number of pyridine rings is 1. The van der Waals surface area contributed by atoms with Crippen molar-refractivity contribution in [3.05, 3.63) is 18.3 Å². The van der Waals surface area contributed by atoms with Gasteiger partial charge < -0.3 is 20.4 Å². The van der Waals surface area contributed by atoms with Crippen LogP contribution in [-0.4, -0.2) is 61.0 Å². The van der Waals surface area contributed by atoms with Gasteiger partial charge in [-0.15, -0.1) is 24.8 Å². The lowest BCUT2D eigenvalue weighted by atomic mass is 9.67. The van der Waals surface area contributed by atoms with E-state index in [0.717, 1.165) is 82.9 Å². The Labute approximate surface area is 196 Å². The van der Waals surface area contributed by atoms with Crippen LogP contribution in [0, 0.1) is 17.3 Å². The first kappa shape index (κ1) is 24.1. The van der Waals surface area contributed by atoms with E-state index < -0.39 is 0 Å². The van der Waals surface area contributed by atoms with Crippen molar-refractivity contribution in [1.82, 2.24) is 15.2 Å². The van der Waals surface area contributed by atoms with Crippen LogP contribution in [-0.2, 0) is 9.59 Å². The third-order valence-corrected chi connectivity index (χ3v) is 7.34.